The van der Waals surface area contributed by atoms with Crippen LogP contribution in [0.15, 0.2) is 12.7 Å². The van der Waals surface area contributed by atoms with E-state index in [1.54, 1.807) is 0 Å². The first kappa shape index (κ1) is 12.8. The molecule has 0 radical (unpaired) electrons. The fourth-order valence-corrected chi connectivity index (χ4v) is 2.88. The molecule has 0 aromatic carbocycles. The molecule has 0 spiro atoms. The average molecular weight is 209 g/mol. The summed E-state index contributed by atoms with van der Waals surface area (Å²) in [5, 5.41) is 0. The SMILES string of the molecule is C=CC(C)CC(C)(N)C1CCCCCC1. The van der Waals surface area contributed by atoms with Crippen molar-refractivity contribution in [3.05, 3.63) is 12.7 Å². The highest BCUT2D eigenvalue weighted by molar-refractivity contribution is 4.92. The largest absolute Gasteiger partial charge is 0.325 e. The molecule has 1 fully saturated rings. The number of rotatable bonds is 4. The molecule has 1 saturated carbocycles. The van der Waals surface area contributed by atoms with Gasteiger partial charge in [-0.2, -0.15) is 0 Å². The molecule has 0 aromatic heterocycles. The standard InChI is InChI=1S/C14H27N/c1-4-12(2)11-14(3,15)13-9-7-5-6-8-10-13/h4,12-13H,1,5-11,15H2,2-3H3. The Bertz CT molecular complexity index is 188. The first-order valence-corrected chi connectivity index (χ1v) is 6.47. The second-order valence-corrected chi connectivity index (χ2v) is 5.61. The number of hydrogen-bond donors (Lipinski definition) is 1. The quantitative estimate of drug-likeness (QED) is 0.552. The third-order valence-electron chi connectivity index (χ3n) is 3.95. The molecule has 2 N–H and O–H groups in total. The average Bonchev–Trinajstić information content (AvgIpc) is 2.45. The van der Waals surface area contributed by atoms with Crippen LogP contribution in [0.4, 0.5) is 0 Å². The summed E-state index contributed by atoms with van der Waals surface area (Å²) in [7, 11) is 0. The lowest BCUT2D eigenvalue weighted by molar-refractivity contribution is 0.232. The Morgan fingerprint density at radius 3 is 2.33 bits per heavy atom. The molecule has 1 aliphatic rings. The van der Waals surface area contributed by atoms with Crippen LogP contribution in [0.2, 0.25) is 0 Å². The smallest absolute Gasteiger partial charge is 0.0159 e. The van der Waals surface area contributed by atoms with Crippen molar-refractivity contribution in [2.75, 3.05) is 0 Å². The van der Waals surface area contributed by atoms with Crippen LogP contribution in [0, 0.1) is 11.8 Å². The molecule has 1 rings (SSSR count). The molecule has 0 amide bonds. The first-order chi connectivity index (χ1) is 7.06. The van der Waals surface area contributed by atoms with E-state index in [4.69, 9.17) is 5.73 Å². The fourth-order valence-electron chi connectivity index (χ4n) is 2.88. The van der Waals surface area contributed by atoms with Gasteiger partial charge in [-0.1, -0.05) is 38.7 Å². The van der Waals surface area contributed by atoms with Crippen molar-refractivity contribution in [1.29, 1.82) is 0 Å². The summed E-state index contributed by atoms with van der Waals surface area (Å²) in [6.45, 7) is 8.31. The van der Waals surface area contributed by atoms with Gasteiger partial charge in [0.2, 0.25) is 0 Å². The van der Waals surface area contributed by atoms with Crippen LogP contribution in [0.1, 0.15) is 58.8 Å². The minimum absolute atomic E-state index is 0.0119. The highest BCUT2D eigenvalue weighted by Crippen LogP contribution is 2.33. The minimum Gasteiger partial charge on any atom is -0.325 e. The summed E-state index contributed by atoms with van der Waals surface area (Å²) in [6, 6.07) is 0. The lowest BCUT2D eigenvalue weighted by atomic mass is 9.76. The van der Waals surface area contributed by atoms with Gasteiger partial charge in [-0.3, -0.25) is 0 Å². The van der Waals surface area contributed by atoms with E-state index in [-0.39, 0.29) is 5.54 Å². The third-order valence-corrected chi connectivity index (χ3v) is 3.95. The summed E-state index contributed by atoms with van der Waals surface area (Å²) in [5.74, 6) is 1.27. The summed E-state index contributed by atoms with van der Waals surface area (Å²) in [4.78, 5) is 0. The monoisotopic (exact) mass is 209 g/mol. The Morgan fingerprint density at radius 2 is 1.87 bits per heavy atom. The molecular formula is C14H27N. The van der Waals surface area contributed by atoms with Gasteiger partial charge in [0.25, 0.3) is 0 Å². The highest BCUT2D eigenvalue weighted by atomic mass is 14.7. The zero-order valence-electron chi connectivity index (χ0n) is 10.5. The van der Waals surface area contributed by atoms with Gasteiger partial charge >= 0.3 is 0 Å². The van der Waals surface area contributed by atoms with Crippen molar-refractivity contribution in [2.45, 2.75) is 64.3 Å². The van der Waals surface area contributed by atoms with Crippen LogP contribution >= 0.6 is 0 Å². The van der Waals surface area contributed by atoms with Crippen LogP contribution < -0.4 is 5.73 Å². The van der Waals surface area contributed by atoms with Crippen LogP contribution in [-0.4, -0.2) is 5.54 Å². The van der Waals surface area contributed by atoms with Crippen LogP contribution in [0.3, 0.4) is 0 Å². The molecule has 0 aromatic rings. The van der Waals surface area contributed by atoms with E-state index < -0.39 is 0 Å². The first-order valence-electron chi connectivity index (χ1n) is 6.47. The Kier molecular flexibility index (Phi) is 4.85. The molecule has 2 unspecified atom stereocenters. The molecular weight excluding hydrogens is 182 g/mol. The van der Waals surface area contributed by atoms with Crippen molar-refractivity contribution in [3.8, 4) is 0 Å². The predicted molar refractivity (Wildman–Crippen MR) is 67.8 cm³/mol. The third kappa shape index (κ3) is 3.98. The molecule has 88 valence electrons. The van der Waals surface area contributed by atoms with Gasteiger partial charge < -0.3 is 5.73 Å². The van der Waals surface area contributed by atoms with Gasteiger partial charge in [0, 0.05) is 5.54 Å². The summed E-state index contributed by atoms with van der Waals surface area (Å²) >= 11 is 0. The van der Waals surface area contributed by atoms with Crippen LogP contribution in [-0.2, 0) is 0 Å². The van der Waals surface area contributed by atoms with Gasteiger partial charge in [-0.25, -0.2) is 0 Å². The predicted octanol–water partition coefficient (Wildman–Crippen LogP) is 3.89. The number of hydrogen-bond acceptors (Lipinski definition) is 1. The Hall–Kier alpha value is -0.300. The molecule has 2 atom stereocenters. The molecule has 0 saturated heterocycles. The van der Waals surface area contributed by atoms with Gasteiger partial charge in [-0.15, -0.1) is 6.58 Å². The zero-order chi connectivity index (χ0) is 11.3. The Balaban J connectivity index is 2.53. The maximum Gasteiger partial charge on any atom is 0.0159 e. The van der Waals surface area contributed by atoms with Gasteiger partial charge in [0.05, 0.1) is 0 Å². The van der Waals surface area contributed by atoms with Crippen molar-refractivity contribution in [1.82, 2.24) is 0 Å². The summed E-state index contributed by atoms with van der Waals surface area (Å²) in [5.41, 5.74) is 6.50. The van der Waals surface area contributed by atoms with E-state index >= 15 is 0 Å². The van der Waals surface area contributed by atoms with Gasteiger partial charge in [0.1, 0.15) is 0 Å². The number of nitrogens with two attached hydrogens (primary N) is 1. The van der Waals surface area contributed by atoms with E-state index in [0.717, 1.165) is 12.3 Å². The van der Waals surface area contributed by atoms with Crippen LogP contribution in [0.5, 0.6) is 0 Å². The van der Waals surface area contributed by atoms with Gasteiger partial charge in [-0.05, 0) is 38.0 Å². The summed E-state index contributed by atoms with van der Waals surface area (Å²) < 4.78 is 0. The number of allylic oxidation sites excluding steroid dienone is 1. The summed E-state index contributed by atoms with van der Waals surface area (Å²) in [6.07, 6.45) is 11.3. The van der Waals surface area contributed by atoms with Crippen molar-refractivity contribution >= 4 is 0 Å². The molecule has 0 heterocycles. The minimum atomic E-state index is 0.0119. The van der Waals surface area contributed by atoms with E-state index in [0.29, 0.717) is 5.92 Å². The topological polar surface area (TPSA) is 26.0 Å². The Labute approximate surface area is 95.1 Å². The molecule has 1 nitrogen and oxygen atoms in total. The van der Waals surface area contributed by atoms with E-state index in [1.165, 1.54) is 38.5 Å². The van der Waals surface area contributed by atoms with Crippen molar-refractivity contribution < 1.29 is 0 Å². The maximum atomic E-state index is 6.49. The van der Waals surface area contributed by atoms with E-state index in [1.807, 2.05) is 6.08 Å². The van der Waals surface area contributed by atoms with Crippen molar-refractivity contribution in [2.24, 2.45) is 17.6 Å². The normalized spacial score (nSPS) is 25.3. The molecule has 1 aliphatic carbocycles. The van der Waals surface area contributed by atoms with E-state index in [2.05, 4.69) is 20.4 Å². The highest BCUT2D eigenvalue weighted by Gasteiger charge is 2.31. The molecule has 0 bridgehead atoms. The lowest BCUT2D eigenvalue weighted by Gasteiger charge is -2.35. The zero-order valence-corrected chi connectivity index (χ0v) is 10.5. The van der Waals surface area contributed by atoms with Crippen molar-refractivity contribution in [3.63, 3.8) is 0 Å². The van der Waals surface area contributed by atoms with E-state index in [9.17, 15) is 0 Å². The van der Waals surface area contributed by atoms with Gasteiger partial charge in [0.15, 0.2) is 0 Å². The molecule has 0 aliphatic heterocycles. The fraction of sp³-hybridized carbons (Fsp3) is 0.857. The second kappa shape index (κ2) is 5.69. The lowest BCUT2D eigenvalue weighted by Crippen LogP contribution is -2.45. The van der Waals surface area contributed by atoms with Crippen LogP contribution in [0.25, 0.3) is 0 Å². The Morgan fingerprint density at radius 1 is 1.33 bits per heavy atom. The maximum absolute atomic E-state index is 6.49. The molecule has 1 heteroatoms. The second-order valence-electron chi connectivity index (χ2n) is 5.61. The molecule has 15 heavy (non-hydrogen) atoms.